The molecule has 0 aromatic rings. The minimum absolute atomic E-state index is 0. The van der Waals surface area contributed by atoms with Crippen LogP contribution in [0.2, 0.25) is 0 Å². The average molecular weight is 282 g/mol. The molecule has 0 aliphatic heterocycles. The minimum atomic E-state index is 0. The summed E-state index contributed by atoms with van der Waals surface area (Å²) in [5.74, 6) is 0. The second-order valence-corrected chi connectivity index (χ2v) is 2.01. The van der Waals surface area contributed by atoms with E-state index in [1.807, 2.05) is 24.3 Å². The molecule has 0 atom stereocenters. The van der Waals surface area contributed by atoms with E-state index in [4.69, 9.17) is 0 Å². The molecule has 1 radical (unpaired) electrons. The molecule has 0 aromatic heterocycles. The Morgan fingerprint density at radius 2 is 1.36 bits per heavy atom. The molecule has 1 heteroatoms. The molecular formula is C10H11Sm. The van der Waals surface area contributed by atoms with Crippen LogP contribution < -0.4 is 0 Å². The van der Waals surface area contributed by atoms with Crippen LogP contribution in [-0.4, -0.2) is 0 Å². The Balaban J connectivity index is 0. The molecule has 0 saturated heterocycles. The Labute approximate surface area is 102 Å². The summed E-state index contributed by atoms with van der Waals surface area (Å²) in [5.41, 5.74) is 0. The summed E-state index contributed by atoms with van der Waals surface area (Å²) >= 11 is 0. The third-order valence-corrected chi connectivity index (χ3v) is 1.17. The molecule has 0 bridgehead atoms. The van der Waals surface area contributed by atoms with Crippen molar-refractivity contribution in [3.63, 3.8) is 0 Å². The summed E-state index contributed by atoms with van der Waals surface area (Å²) < 4.78 is 0. The van der Waals surface area contributed by atoms with Gasteiger partial charge in [-0.1, -0.05) is 0 Å². The van der Waals surface area contributed by atoms with Crippen LogP contribution in [0.25, 0.3) is 0 Å². The van der Waals surface area contributed by atoms with E-state index in [1.54, 1.807) is 0 Å². The van der Waals surface area contributed by atoms with E-state index >= 15 is 0 Å². The van der Waals surface area contributed by atoms with Crippen molar-refractivity contribution >= 4 is 0 Å². The van der Waals surface area contributed by atoms with Gasteiger partial charge in [0.2, 0.25) is 0 Å². The van der Waals surface area contributed by atoms with Gasteiger partial charge in [0.1, 0.15) is 0 Å². The first-order valence-corrected chi connectivity index (χ1v) is 3.43. The zero-order valence-electron chi connectivity index (χ0n) is 7.29. The van der Waals surface area contributed by atoms with Crippen LogP contribution in [0.3, 0.4) is 0 Å². The minimum Gasteiger partial charge on any atom is -1.00 e. The molecule has 0 heterocycles. The zero-order chi connectivity index (χ0) is 7.07. The topological polar surface area (TPSA) is 0 Å². The number of allylic oxidation sites excluding steroid dienone is 8. The Bertz CT molecular complexity index is 148. The molecule has 0 unspecified atom stereocenters. The van der Waals surface area contributed by atoms with Gasteiger partial charge >= 0.3 is 40.4 Å². The van der Waals surface area contributed by atoms with Crippen molar-refractivity contribution in [1.29, 1.82) is 0 Å². The van der Waals surface area contributed by atoms with Crippen LogP contribution in [-0.2, 0) is 0 Å². The first kappa shape index (κ1) is 11.3. The molecule has 11 heavy (non-hydrogen) atoms. The second kappa shape index (κ2) is 8.39. The van der Waals surface area contributed by atoms with Crippen LogP contribution in [0.15, 0.2) is 36.5 Å². The molecule has 0 fully saturated rings. The Hall–Kier alpha value is 0.298. The van der Waals surface area contributed by atoms with Gasteiger partial charge < -0.3 is 1.43 Å². The van der Waals surface area contributed by atoms with Gasteiger partial charge in [-0.15, -0.1) is 12.8 Å². The first-order valence-electron chi connectivity index (χ1n) is 3.43. The van der Waals surface area contributed by atoms with Crippen molar-refractivity contribution in [3.05, 3.63) is 48.6 Å². The Morgan fingerprint density at radius 3 is 1.45 bits per heavy atom. The second-order valence-electron chi connectivity index (χ2n) is 2.01. The van der Waals surface area contributed by atoms with E-state index in [1.165, 1.54) is 0 Å². The van der Waals surface area contributed by atoms with Crippen LogP contribution in [0.5, 0.6) is 0 Å². The molecule has 2 rings (SSSR count). The summed E-state index contributed by atoms with van der Waals surface area (Å²) in [6.45, 7) is 0. The maximum absolute atomic E-state index is 2.99. The smallest absolute Gasteiger partial charge is 1.00 e. The summed E-state index contributed by atoms with van der Waals surface area (Å²) in [5, 5.41) is 0. The predicted octanol–water partition coefficient (Wildman–Crippen LogP) is 2.72. The molecule has 57 valence electrons. The number of hydrogen-bond acceptors (Lipinski definition) is 0. The fourth-order valence-electron chi connectivity index (χ4n) is 0.680. The molecule has 0 amide bonds. The van der Waals surface area contributed by atoms with Crippen molar-refractivity contribution in [3.8, 4) is 0 Å². The van der Waals surface area contributed by atoms with Crippen LogP contribution in [0.4, 0.5) is 0 Å². The summed E-state index contributed by atoms with van der Waals surface area (Å²) in [6.07, 6.45) is 20.0. The standard InChI is InChI=1S/2C5H5.Sm.H/c2*1-2-4-5-3-1;;/h2*1-3H,4H2;;/q2*-1;+3;-1. The average Bonchev–Trinajstić information content (AvgIpc) is 2.67. The molecular weight excluding hydrogens is 270 g/mol. The molecule has 0 aromatic carbocycles. The van der Waals surface area contributed by atoms with E-state index in [0.717, 1.165) is 12.8 Å². The largest absolute Gasteiger partial charge is 3.00 e. The first-order chi connectivity index (χ1) is 5.00. The third-order valence-electron chi connectivity index (χ3n) is 1.17. The molecule has 0 N–H and O–H groups in total. The van der Waals surface area contributed by atoms with E-state index in [9.17, 15) is 0 Å². The van der Waals surface area contributed by atoms with Crippen molar-refractivity contribution in [2.45, 2.75) is 12.8 Å². The molecule has 0 saturated carbocycles. The van der Waals surface area contributed by atoms with Gasteiger partial charge in [-0.3, -0.25) is 12.2 Å². The number of rotatable bonds is 0. The maximum atomic E-state index is 2.99. The molecule has 0 nitrogen and oxygen atoms in total. The van der Waals surface area contributed by atoms with Crippen LogP contribution >= 0.6 is 0 Å². The Kier molecular flexibility index (Phi) is 8.62. The summed E-state index contributed by atoms with van der Waals surface area (Å²) in [7, 11) is 0. The quantitative estimate of drug-likeness (QED) is 0.599. The van der Waals surface area contributed by atoms with Crippen molar-refractivity contribution in [2.24, 2.45) is 0 Å². The Morgan fingerprint density at radius 1 is 0.909 bits per heavy atom. The molecule has 2 aliphatic rings. The predicted molar refractivity (Wildman–Crippen MR) is 44.3 cm³/mol. The summed E-state index contributed by atoms with van der Waals surface area (Å²) in [4.78, 5) is 0. The van der Waals surface area contributed by atoms with Crippen molar-refractivity contribution in [1.82, 2.24) is 0 Å². The van der Waals surface area contributed by atoms with Gasteiger partial charge in [-0.2, -0.15) is 12.2 Å². The van der Waals surface area contributed by atoms with Crippen LogP contribution in [0, 0.1) is 52.5 Å². The van der Waals surface area contributed by atoms with Crippen molar-refractivity contribution < 1.29 is 41.8 Å². The molecule has 2 aliphatic carbocycles. The van der Waals surface area contributed by atoms with Crippen LogP contribution in [0.1, 0.15) is 14.3 Å². The fraction of sp³-hybridized carbons (Fsp3) is 0.200. The van der Waals surface area contributed by atoms with Gasteiger partial charge in [0.05, 0.1) is 0 Å². The maximum Gasteiger partial charge on any atom is 3.00 e. The van der Waals surface area contributed by atoms with Gasteiger partial charge in [0.25, 0.3) is 0 Å². The zero-order valence-corrected chi connectivity index (χ0v) is 8.91. The monoisotopic (exact) mass is 283 g/mol. The van der Waals surface area contributed by atoms with E-state index < -0.39 is 0 Å². The normalized spacial score (nSPS) is 16.0. The fourth-order valence-corrected chi connectivity index (χ4v) is 0.680. The van der Waals surface area contributed by atoms with Gasteiger partial charge in [-0.25, -0.2) is 24.3 Å². The molecule has 0 spiro atoms. The van der Waals surface area contributed by atoms with Gasteiger partial charge in [0, 0.05) is 0 Å². The van der Waals surface area contributed by atoms with E-state index in [0.29, 0.717) is 0 Å². The van der Waals surface area contributed by atoms with E-state index in [-0.39, 0.29) is 41.8 Å². The number of hydrogen-bond donors (Lipinski definition) is 0. The van der Waals surface area contributed by atoms with Gasteiger partial charge in [-0.05, 0) is 0 Å². The van der Waals surface area contributed by atoms with Gasteiger partial charge in [0.15, 0.2) is 0 Å². The summed E-state index contributed by atoms with van der Waals surface area (Å²) in [6, 6.07) is 0. The third kappa shape index (κ3) is 6.69. The van der Waals surface area contributed by atoms with Crippen molar-refractivity contribution in [2.75, 3.05) is 0 Å². The van der Waals surface area contributed by atoms with E-state index in [2.05, 4.69) is 24.3 Å². The SMILES string of the molecule is [C-]1=CC=CC1.[C-]1=CC=CC1.[H-].[Sm+3].